The van der Waals surface area contributed by atoms with E-state index in [1.807, 2.05) is 13.0 Å². The van der Waals surface area contributed by atoms with Crippen molar-refractivity contribution < 1.29 is 18.3 Å². The molecule has 0 radical (unpaired) electrons. The summed E-state index contributed by atoms with van der Waals surface area (Å²) in [5.74, 6) is -2.23. The van der Waals surface area contributed by atoms with Crippen LogP contribution in [-0.2, 0) is 11.3 Å². The normalized spacial score (nSPS) is 25.5. The van der Waals surface area contributed by atoms with Crippen LogP contribution in [0.25, 0.3) is 0 Å². The number of anilines is 1. The van der Waals surface area contributed by atoms with Crippen molar-refractivity contribution in [3.63, 3.8) is 0 Å². The van der Waals surface area contributed by atoms with Crippen LogP contribution in [0.3, 0.4) is 0 Å². The van der Waals surface area contributed by atoms with Gasteiger partial charge in [-0.25, -0.2) is 13.8 Å². The summed E-state index contributed by atoms with van der Waals surface area (Å²) in [6, 6.07) is 1.90. The van der Waals surface area contributed by atoms with Crippen molar-refractivity contribution in [3.05, 3.63) is 22.9 Å². The van der Waals surface area contributed by atoms with Crippen LogP contribution in [0, 0.1) is 12.8 Å². The number of nitrogens with zero attached hydrogens (tertiary/aromatic N) is 2. The topological polar surface area (TPSA) is 54.5 Å². The molecule has 2 aliphatic heterocycles. The second-order valence-corrected chi connectivity index (χ2v) is 6.99. The number of aryl methyl sites for hydroxylation is 1. The molecule has 130 valence electrons. The first-order valence-corrected chi connectivity index (χ1v) is 8.47. The molecule has 3 heterocycles. The lowest BCUT2D eigenvalue weighted by Crippen LogP contribution is -2.38. The van der Waals surface area contributed by atoms with Crippen LogP contribution in [-0.4, -0.2) is 42.6 Å². The Labute approximate surface area is 139 Å². The van der Waals surface area contributed by atoms with Crippen molar-refractivity contribution in [2.75, 3.05) is 24.6 Å². The van der Waals surface area contributed by atoms with E-state index in [1.165, 1.54) is 0 Å². The summed E-state index contributed by atoms with van der Waals surface area (Å²) in [5.41, 5.74) is 2.46. The van der Waals surface area contributed by atoms with Crippen LogP contribution < -0.4 is 10.2 Å². The van der Waals surface area contributed by atoms with Crippen molar-refractivity contribution >= 4 is 11.7 Å². The standard InChI is InChI=1S/C17H21F2N3O2/c1-10-6-13-14(8-20-16(13)23)21-15(10)22-4-2-12(3-5-22)24-9-11-7-17(11,18)19/h6,11-12H,2-5,7-9H2,1H3,(H,20,23). The highest BCUT2D eigenvalue weighted by Crippen LogP contribution is 2.48. The van der Waals surface area contributed by atoms with Crippen LogP contribution in [0.1, 0.15) is 40.9 Å². The third-order valence-electron chi connectivity index (χ3n) is 5.16. The van der Waals surface area contributed by atoms with E-state index < -0.39 is 11.8 Å². The molecule has 0 aromatic carbocycles. The number of carbonyl (C=O) groups excluding carboxylic acids is 1. The summed E-state index contributed by atoms with van der Waals surface area (Å²) in [7, 11) is 0. The molecule has 3 aliphatic rings. The van der Waals surface area contributed by atoms with Crippen LogP contribution in [0.2, 0.25) is 0 Å². The van der Waals surface area contributed by atoms with Crippen LogP contribution >= 0.6 is 0 Å². The van der Waals surface area contributed by atoms with Crippen LogP contribution in [0.5, 0.6) is 0 Å². The molecule has 1 saturated carbocycles. The fourth-order valence-corrected chi connectivity index (χ4v) is 3.49. The molecule has 7 heteroatoms. The Morgan fingerprint density at radius 1 is 1.42 bits per heavy atom. The van der Waals surface area contributed by atoms with E-state index in [4.69, 9.17) is 4.74 Å². The van der Waals surface area contributed by atoms with Gasteiger partial charge in [0.25, 0.3) is 11.8 Å². The van der Waals surface area contributed by atoms with Crippen molar-refractivity contribution in [3.8, 4) is 0 Å². The molecule has 0 bridgehead atoms. The molecule has 1 aromatic heterocycles. The maximum absolute atomic E-state index is 12.9. The number of aromatic nitrogens is 1. The Bertz CT molecular complexity index is 672. The minimum absolute atomic E-state index is 0.0309. The Morgan fingerprint density at radius 2 is 2.12 bits per heavy atom. The number of rotatable bonds is 4. The van der Waals surface area contributed by atoms with Crippen molar-refractivity contribution in [1.82, 2.24) is 10.3 Å². The Balaban J connectivity index is 1.35. The molecule has 1 amide bonds. The fraction of sp³-hybridized carbons (Fsp3) is 0.647. The third-order valence-corrected chi connectivity index (χ3v) is 5.16. The Hall–Kier alpha value is -1.76. The molecule has 5 nitrogen and oxygen atoms in total. The SMILES string of the molecule is Cc1cc2c(nc1N1CCC(OCC3CC3(F)F)CC1)CNC2=O. The molecule has 4 rings (SSSR count). The summed E-state index contributed by atoms with van der Waals surface area (Å²) in [4.78, 5) is 18.5. The molecule has 1 saturated heterocycles. The zero-order chi connectivity index (χ0) is 16.9. The maximum Gasteiger partial charge on any atom is 0.253 e. The summed E-state index contributed by atoms with van der Waals surface area (Å²) < 4.78 is 31.4. The number of piperidine rings is 1. The van der Waals surface area contributed by atoms with E-state index in [9.17, 15) is 13.6 Å². The predicted molar refractivity (Wildman–Crippen MR) is 84.4 cm³/mol. The van der Waals surface area contributed by atoms with Crippen molar-refractivity contribution in [2.45, 2.75) is 44.8 Å². The van der Waals surface area contributed by atoms with Gasteiger partial charge < -0.3 is 15.0 Å². The molecular formula is C17H21F2N3O2. The molecule has 24 heavy (non-hydrogen) atoms. The fourth-order valence-electron chi connectivity index (χ4n) is 3.49. The van der Waals surface area contributed by atoms with Gasteiger partial charge in [0.05, 0.1) is 36.4 Å². The molecule has 1 atom stereocenters. The smallest absolute Gasteiger partial charge is 0.253 e. The molecule has 1 unspecified atom stereocenters. The first-order chi connectivity index (χ1) is 11.4. The number of ether oxygens (including phenoxy) is 1. The van der Waals surface area contributed by atoms with Crippen molar-refractivity contribution in [1.29, 1.82) is 0 Å². The van der Waals surface area contributed by atoms with Gasteiger partial charge >= 0.3 is 0 Å². The minimum Gasteiger partial charge on any atom is -0.378 e. The summed E-state index contributed by atoms with van der Waals surface area (Å²) in [6.07, 6.45) is 1.65. The Morgan fingerprint density at radius 3 is 2.79 bits per heavy atom. The summed E-state index contributed by atoms with van der Waals surface area (Å²) >= 11 is 0. The van der Waals surface area contributed by atoms with Gasteiger partial charge in [0.15, 0.2) is 0 Å². The van der Waals surface area contributed by atoms with Gasteiger partial charge in [0.1, 0.15) is 5.82 Å². The number of fused-ring (bicyclic) bond motifs is 1. The highest BCUT2D eigenvalue weighted by atomic mass is 19.3. The van der Waals surface area contributed by atoms with E-state index in [-0.39, 0.29) is 25.0 Å². The lowest BCUT2D eigenvalue weighted by molar-refractivity contribution is 0.00500. The summed E-state index contributed by atoms with van der Waals surface area (Å²) in [5, 5.41) is 2.79. The van der Waals surface area contributed by atoms with E-state index in [2.05, 4.69) is 15.2 Å². The zero-order valence-electron chi connectivity index (χ0n) is 13.6. The second kappa shape index (κ2) is 5.65. The lowest BCUT2D eigenvalue weighted by Gasteiger charge is -2.33. The third kappa shape index (κ3) is 2.85. The molecular weight excluding hydrogens is 316 g/mol. The van der Waals surface area contributed by atoms with Crippen molar-refractivity contribution in [2.24, 2.45) is 5.92 Å². The van der Waals surface area contributed by atoms with Gasteiger partial charge in [-0.05, 0) is 31.4 Å². The molecule has 1 N–H and O–H groups in total. The van der Waals surface area contributed by atoms with Crippen LogP contribution in [0.15, 0.2) is 6.07 Å². The van der Waals surface area contributed by atoms with Gasteiger partial charge in [-0.15, -0.1) is 0 Å². The summed E-state index contributed by atoms with van der Waals surface area (Å²) in [6.45, 7) is 4.20. The number of pyridine rings is 1. The largest absolute Gasteiger partial charge is 0.378 e. The van der Waals surface area contributed by atoms with Gasteiger partial charge in [-0.2, -0.15) is 0 Å². The number of halogens is 2. The average molecular weight is 337 g/mol. The molecule has 1 aromatic rings. The average Bonchev–Trinajstić information content (AvgIpc) is 3.02. The molecule has 2 fully saturated rings. The highest BCUT2D eigenvalue weighted by molar-refractivity contribution is 5.98. The number of hydrogen-bond acceptors (Lipinski definition) is 4. The van der Waals surface area contributed by atoms with Gasteiger partial charge in [-0.3, -0.25) is 4.79 Å². The molecule has 1 aliphatic carbocycles. The first-order valence-electron chi connectivity index (χ1n) is 8.47. The number of amides is 1. The number of alkyl halides is 2. The van der Waals surface area contributed by atoms with E-state index in [0.717, 1.165) is 43.0 Å². The first kappa shape index (κ1) is 15.7. The lowest BCUT2D eigenvalue weighted by atomic mass is 10.1. The van der Waals surface area contributed by atoms with Gasteiger partial charge in [0, 0.05) is 19.5 Å². The second-order valence-electron chi connectivity index (χ2n) is 6.99. The minimum atomic E-state index is -2.50. The van der Waals surface area contributed by atoms with Crippen LogP contribution in [0.4, 0.5) is 14.6 Å². The zero-order valence-corrected chi connectivity index (χ0v) is 13.6. The maximum atomic E-state index is 12.9. The van der Waals surface area contributed by atoms with E-state index >= 15 is 0 Å². The number of carbonyl (C=O) groups is 1. The van der Waals surface area contributed by atoms with Gasteiger partial charge in [-0.1, -0.05) is 0 Å². The monoisotopic (exact) mass is 337 g/mol. The number of nitrogens with one attached hydrogen (secondary N) is 1. The van der Waals surface area contributed by atoms with E-state index in [1.54, 1.807) is 0 Å². The van der Waals surface area contributed by atoms with E-state index in [0.29, 0.717) is 12.1 Å². The quantitative estimate of drug-likeness (QED) is 0.916. The number of hydrogen-bond donors (Lipinski definition) is 1. The molecule has 0 spiro atoms. The highest BCUT2D eigenvalue weighted by Gasteiger charge is 2.56. The van der Waals surface area contributed by atoms with Gasteiger partial charge in [0.2, 0.25) is 0 Å². The predicted octanol–water partition coefficient (Wildman–Crippen LogP) is 2.27. The Kier molecular flexibility index (Phi) is 3.71.